The summed E-state index contributed by atoms with van der Waals surface area (Å²) in [4.78, 5) is 19.5. The quantitative estimate of drug-likeness (QED) is 0.697. The van der Waals surface area contributed by atoms with E-state index < -0.39 is 0 Å². The van der Waals surface area contributed by atoms with E-state index in [0.717, 1.165) is 23.7 Å². The molecule has 0 aromatic carbocycles. The Hall–Kier alpha value is -0.900. The third-order valence-corrected chi connectivity index (χ3v) is 3.39. The van der Waals surface area contributed by atoms with Crippen molar-refractivity contribution in [1.29, 1.82) is 0 Å². The van der Waals surface area contributed by atoms with Crippen LogP contribution in [0.25, 0.3) is 0 Å². The second-order valence-corrected chi connectivity index (χ2v) is 4.77. The lowest BCUT2D eigenvalue weighted by Gasteiger charge is -2.05. The zero-order valence-electron chi connectivity index (χ0n) is 8.06. The van der Waals surface area contributed by atoms with Gasteiger partial charge in [0.05, 0.1) is 0 Å². The molecule has 0 saturated heterocycles. The fourth-order valence-corrected chi connectivity index (χ4v) is 2.63. The van der Waals surface area contributed by atoms with Crippen molar-refractivity contribution in [3.63, 3.8) is 0 Å². The molecule has 1 atom stereocenters. The molecule has 1 aliphatic rings. The Kier molecular flexibility index (Phi) is 2.82. The predicted octanol–water partition coefficient (Wildman–Crippen LogP) is 2.00. The largest absolute Gasteiger partial charge is 0.300 e. The Bertz CT molecular complexity index is 354. The normalized spacial score (nSPS) is 21.5. The second-order valence-electron chi connectivity index (χ2n) is 3.50. The van der Waals surface area contributed by atoms with E-state index in [1.807, 2.05) is 13.0 Å². The smallest absolute Gasteiger partial charge is 0.188 e. The lowest BCUT2D eigenvalue weighted by Crippen LogP contribution is -1.99. The first-order valence-electron chi connectivity index (χ1n) is 4.72. The van der Waals surface area contributed by atoms with E-state index in [-0.39, 0.29) is 0 Å². The van der Waals surface area contributed by atoms with Crippen molar-refractivity contribution in [1.82, 2.24) is 9.97 Å². The highest BCUT2D eigenvalue weighted by Crippen LogP contribution is 2.30. The topological polar surface area (TPSA) is 42.9 Å². The molecule has 14 heavy (non-hydrogen) atoms. The minimum Gasteiger partial charge on any atom is -0.300 e. The monoisotopic (exact) mass is 208 g/mol. The van der Waals surface area contributed by atoms with Crippen LogP contribution in [-0.2, 0) is 4.79 Å². The first kappa shape index (κ1) is 9.65. The van der Waals surface area contributed by atoms with Crippen LogP contribution in [0.3, 0.4) is 0 Å². The van der Waals surface area contributed by atoms with E-state index >= 15 is 0 Å². The van der Waals surface area contributed by atoms with Crippen LogP contribution >= 0.6 is 11.8 Å². The van der Waals surface area contributed by atoms with E-state index in [2.05, 4.69) is 9.97 Å². The molecule has 4 heteroatoms. The van der Waals surface area contributed by atoms with Gasteiger partial charge in [0.2, 0.25) is 0 Å². The zero-order valence-corrected chi connectivity index (χ0v) is 8.88. The summed E-state index contributed by atoms with van der Waals surface area (Å²) in [7, 11) is 0. The molecule has 0 aliphatic heterocycles. The van der Waals surface area contributed by atoms with E-state index in [4.69, 9.17) is 0 Å². The minimum atomic E-state index is 0.371. The molecule has 1 aliphatic carbocycles. The minimum absolute atomic E-state index is 0.371. The van der Waals surface area contributed by atoms with Gasteiger partial charge in [-0.3, -0.25) is 4.79 Å². The summed E-state index contributed by atoms with van der Waals surface area (Å²) >= 11 is 1.63. The van der Waals surface area contributed by atoms with Crippen LogP contribution in [0.15, 0.2) is 17.4 Å². The maximum Gasteiger partial charge on any atom is 0.188 e. The van der Waals surface area contributed by atoms with Gasteiger partial charge in [0, 0.05) is 30.0 Å². The lowest BCUT2D eigenvalue weighted by molar-refractivity contribution is -0.117. The maximum atomic E-state index is 11.1. The molecule has 1 fully saturated rings. The Morgan fingerprint density at radius 3 is 3.07 bits per heavy atom. The van der Waals surface area contributed by atoms with Gasteiger partial charge >= 0.3 is 0 Å². The van der Waals surface area contributed by atoms with Crippen molar-refractivity contribution < 1.29 is 4.79 Å². The van der Waals surface area contributed by atoms with Crippen molar-refractivity contribution in [3.8, 4) is 0 Å². The molecule has 0 amide bonds. The summed E-state index contributed by atoms with van der Waals surface area (Å²) in [5, 5.41) is 1.19. The zero-order chi connectivity index (χ0) is 9.97. The Labute approximate surface area is 87.3 Å². The fraction of sp³-hybridized carbons (Fsp3) is 0.500. The molecule has 0 bridgehead atoms. The molecule has 74 valence electrons. The number of ketones is 1. The molecule has 1 unspecified atom stereocenters. The Morgan fingerprint density at radius 1 is 1.57 bits per heavy atom. The standard InChI is InChI=1S/C10H12N2OS/c1-7-4-5-11-10(12-7)14-9-3-2-8(13)6-9/h4-5,9H,2-3,6H2,1H3. The van der Waals surface area contributed by atoms with Crippen LogP contribution in [0.2, 0.25) is 0 Å². The van der Waals surface area contributed by atoms with E-state index in [9.17, 15) is 4.79 Å². The highest BCUT2D eigenvalue weighted by molar-refractivity contribution is 7.99. The van der Waals surface area contributed by atoms with Crippen LogP contribution in [0.4, 0.5) is 0 Å². The molecule has 2 rings (SSSR count). The van der Waals surface area contributed by atoms with Gasteiger partial charge in [-0.25, -0.2) is 9.97 Å². The van der Waals surface area contributed by atoms with Gasteiger partial charge in [0.15, 0.2) is 5.16 Å². The van der Waals surface area contributed by atoms with E-state index in [1.54, 1.807) is 18.0 Å². The third kappa shape index (κ3) is 2.32. The summed E-state index contributed by atoms with van der Waals surface area (Å²) in [5.41, 5.74) is 0.979. The third-order valence-electron chi connectivity index (χ3n) is 2.25. The molecule has 1 saturated carbocycles. The number of aryl methyl sites for hydroxylation is 1. The number of thioether (sulfide) groups is 1. The maximum absolute atomic E-state index is 11.1. The molecule has 0 N–H and O–H groups in total. The van der Waals surface area contributed by atoms with Gasteiger partial charge < -0.3 is 0 Å². The van der Waals surface area contributed by atoms with Gasteiger partial charge in [0.25, 0.3) is 0 Å². The average Bonchev–Trinajstić information content (AvgIpc) is 2.51. The summed E-state index contributed by atoms with van der Waals surface area (Å²) in [6.07, 6.45) is 4.15. The molecular formula is C10H12N2OS. The van der Waals surface area contributed by atoms with Gasteiger partial charge in [-0.2, -0.15) is 0 Å². The highest BCUT2D eigenvalue weighted by Gasteiger charge is 2.23. The molecule has 0 spiro atoms. The van der Waals surface area contributed by atoms with E-state index in [1.165, 1.54) is 0 Å². The summed E-state index contributed by atoms with van der Waals surface area (Å²) in [6.45, 7) is 1.95. The average molecular weight is 208 g/mol. The number of hydrogen-bond donors (Lipinski definition) is 0. The number of carbonyl (C=O) groups is 1. The van der Waals surface area contributed by atoms with E-state index in [0.29, 0.717) is 17.5 Å². The van der Waals surface area contributed by atoms with Crippen LogP contribution in [0.5, 0.6) is 0 Å². The number of rotatable bonds is 2. The van der Waals surface area contributed by atoms with Crippen molar-refractivity contribution in [2.24, 2.45) is 0 Å². The van der Waals surface area contributed by atoms with Gasteiger partial charge in [-0.05, 0) is 19.4 Å². The van der Waals surface area contributed by atoms with Crippen molar-refractivity contribution in [2.75, 3.05) is 0 Å². The SMILES string of the molecule is Cc1ccnc(SC2CCC(=O)C2)n1. The first-order valence-corrected chi connectivity index (χ1v) is 5.60. The first-order chi connectivity index (χ1) is 6.74. The van der Waals surface area contributed by atoms with Gasteiger partial charge in [0.1, 0.15) is 5.78 Å². The van der Waals surface area contributed by atoms with Crippen LogP contribution in [0.1, 0.15) is 25.0 Å². The summed E-state index contributed by atoms with van der Waals surface area (Å²) in [5.74, 6) is 0.371. The highest BCUT2D eigenvalue weighted by atomic mass is 32.2. The predicted molar refractivity (Wildman–Crippen MR) is 55.3 cm³/mol. The molecule has 1 aromatic rings. The van der Waals surface area contributed by atoms with Crippen molar-refractivity contribution >= 4 is 17.5 Å². The van der Waals surface area contributed by atoms with Crippen molar-refractivity contribution in [3.05, 3.63) is 18.0 Å². The number of Topliss-reactive ketones (excluding diaryl/α,β-unsaturated/α-hetero) is 1. The van der Waals surface area contributed by atoms with Crippen LogP contribution < -0.4 is 0 Å². The van der Waals surface area contributed by atoms with Gasteiger partial charge in [-0.1, -0.05) is 11.8 Å². The second kappa shape index (κ2) is 4.09. The summed E-state index contributed by atoms with van der Waals surface area (Å²) < 4.78 is 0. The Morgan fingerprint density at radius 2 is 2.43 bits per heavy atom. The lowest BCUT2D eigenvalue weighted by atomic mass is 10.4. The Balaban J connectivity index is 2.00. The number of carbonyl (C=O) groups excluding carboxylic acids is 1. The van der Waals surface area contributed by atoms with Crippen molar-refractivity contribution in [2.45, 2.75) is 36.6 Å². The van der Waals surface area contributed by atoms with Crippen LogP contribution in [0, 0.1) is 6.92 Å². The number of hydrogen-bond acceptors (Lipinski definition) is 4. The molecule has 1 heterocycles. The molecule has 3 nitrogen and oxygen atoms in total. The fourth-order valence-electron chi connectivity index (χ4n) is 1.51. The summed E-state index contributed by atoms with van der Waals surface area (Å²) in [6, 6.07) is 1.88. The molecular weight excluding hydrogens is 196 g/mol. The number of aromatic nitrogens is 2. The molecule has 1 aromatic heterocycles. The number of nitrogens with zero attached hydrogens (tertiary/aromatic N) is 2. The molecule has 0 radical (unpaired) electrons. The van der Waals surface area contributed by atoms with Gasteiger partial charge in [-0.15, -0.1) is 0 Å². The van der Waals surface area contributed by atoms with Crippen LogP contribution in [-0.4, -0.2) is 21.0 Å².